The highest BCUT2D eigenvalue weighted by Gasteiger charge is 2.11. The maximum atomic E-state index is 12.0. The van der Waals surface area contributed by atoms with Gasteiger partial charge in [-0.25, -0.2) is 0 Å². The molecule has 0 unspecified atom stereocenters. The van der Waals surface area contributed by atoms with E-state index in [9.17, 15) is 14.9 Å². The van der Waals surface area contributed by atoms with Crippen molar-refractivity contribution in [2.45, 2.75) is 0 Å². The molecular formula is C18H13BrN2O4. The fourth-order valence-electron chi connectivity index (χ4n) is 2.36. The molecule has 0 saturated carbocycles. The number of halogens is 1. The highest BCUT2D eigenvalue weighted by Crippen LogP contribution is 2.33. The van der Waals surface area contributed by atoms with Gasteiger partial charge in [-0.05, 0) is 38.8 Å². The van der Waals surface area contributed by atoms with Gasteiger partial charge in [-0.15, -0.1) is 0 Å². The Morgan fingerprint density at radius 3 is 2.72 bits per heavy atom. The molecule has 3 aromatic carbocycles. The number of anilines is 1. The van der Waals surface area contributed by atoms with E-state index in [0.29, 0.717) is 11.4 Å². The molecule has 0 bridgehead atoms. The zero-order valence-corrected chi connectivity index (χ0v) is 14.5. The van der Waals surface area contributed by atoms with E-state index < -0.39 is 10.8 Å². The molecule has 0 spiro atoms. The Labute approximate surface area is 151 Å². The van der Waals surface area contributed by atoms with Gasteiger partial charge in [0.1, 0.15) is 5.75 Å². The minimum absolute atomic E-state index is 0.0870. The van der Waals surface area contributed by atoms with Gasteiger partial charge in [0.15, 0.2) is 6.61 Å². The summed E-state index contributed by atoms with van der Waals surface area (Å²) in [5, 5.41) is 15.4. The fourth-order valence-corrected chi connectivity index (χ4v) is 2.97. The van der Waals surface area contributed by atoms with Gasteiger partial charge in [-0.1, -0.05) is 36.4 Å². The molecule has 3 aromatic rings. The zero-order chi connectivity index (χ0) is 17.8. The molecule has 0 aliphatic heterocycles. The van der Waals surface area contributed by atoms with Crippen LogP contribution in [-0.4, -0.2) is 17.4 Å². The van der Waals surface area contributed by atoms with Crippen molar-refractivity contribution >= 4 is 44.0 Å². The first-order valence-corrected chi connectivity index (χ1v) is 8.18. The molecule has 6 nitrogen and oxygen atoms in total. The van der Waals surface area contributed by atoms with Crippen LogP contribution in [-0.2, 0) is 4.79 Å². The number of benzene rings is 3. The predicted molar refractivity (Wildman–Crippen MR) is 98.9 cm³/mol. The Hall–Kier alpha value is -2.93. The van der Waals surface area contributed by atoms with E-state index in [1.165, 1.54) is 18.2 Å². The van der Waals surface area contributed by atoms with Crippen LogP contribution in [0, 0.1) is 10.1 Å². The first kappa shape index (κ1) is 16.9. The van der Waals surface area contributed by atoms with Crippen LogP contribution in [0.3, 0.4) is 0 Å². The number of nitro benzene ring substituents is 1. The Morgan fingerprint density at radius 2 is 1.92 bits per heavy atom. The highest BCUT2D eigenvalue weighted by atomic mass is 79.9. The quantitative estimate of drug-likeness (QED) is 0.503. The van der Waals surface area contributed by atoms with E-state index in [-0.39, 0.29) is 12.3 Å². The lowest BCUT2D eigenvalue weighted by Gasteiger charge is -2.10. The van der Waals surface area contributed by atoms with Crippen LogP contribution in [0.5, 0.6) is 5.75 Å². The molecule has 1 amide bonds. The summed E-state index contributed by atoms with van der Waals surface area (Å²) in [4.78, 5) is 22.3. The second-order valence-corrected chi connectivity index (χ2v) is 6.04. The normalized spacial score (nSPS) is 10.4. The molecule has 0 aromatic heterocycles. The summed E-state index contributed by atoms with van der Waals surface area (Å²) in [5.74, 6) is 0.147. The molecule has 7 heteroatoms. The topological polar surface area (TPSA) is 81.5 Å². The predicted octanol–water partition coefficient (Wildman–Crippen LogP) is 4.53. The second kappa shape index (κ2) is 7.31. The lowest BCUT2D eigenvalue weighted by Crippen LogP contribution is -2.20. The number of hydrogen-bond donors (Lipinski definition) is 1. The molecule has 0 heterocycles. The van der Waals surface area contributed by atoms with Gasteiger partial charge in [0.25, 0.3) is 11.6 Å². The molecule has 0 fully saturated rings. The minimum atomic E-state index is -0.516. The third kappa shape index (κ3) is 3.95. The smallest absolute Gasteiger partial charge is 0.271 e. The number of non-ortho nitro benzene ring substituents is 1. The lowest BCUT2D eigenvalue weighted by molar-refractivity contribution is -0.384. The van der Waals surface area contributed by atoms with Crippen LogP contribution in [0.1, 0.15) is 0 Å². The number of amides is 1. The van der Waals surface area contributed by atoms with Gasteiger partial charge < -0.3 is 10.1 Å². The van der Waals surface area contributed by atoms with E-state index in [2.05, 4.69) is 21.2 Å². The van der Waals surface area contributed by atoms with Gasteiger partial charge in [0.2, 0.25) is 0 Å². The minimum Gasteiger partial charge on any atom is -0.483 e. The Kier molecular flexibility index (Phi) is 4.95. The molecule has 1 N–H and O–H groups in total. The summed E-state index contributed by atoms with van der Waals surface area (Å²) < 4.78 is 6.34. The number of nitrogens with zero attached hydrogens (tertiary/aromatic N) is 1. The molecule has 25 heavy (non-hydrogen) atoms. The molecule has 0 atom stereocenters. The Balaban J connectivity index is 1.67. The number of nitro groups is 1. The second-order valence-electron chi connectivity index (χ2n) is 5.24. The van der Waals surface area contributed by atoms with Gasteiger partial charge >= 0.3 is 0 Å². The van der Waals surface area contributed by atoms with Gasteiger partial charge in [-0.2, -0.15) is 0 Å². The van der Waals surface area contributed by atoms with Crippen molar-refractivity contribution in [2.24, 2.45) is 0 Å². The summed E-state index contributed by atoms with van der Waals surface area (Å²) in [6, 6.07) is 17.2. The molecular weight excluding hydrogens is 388 g/mol. The lowest BCUT2D eigenvalue weighted by atomic mass is 10.1. The molecule has 0 radical (unpaired) electrons. The monoisotopic (exact) mass is 400 g/mol. The SMILES string of the molecule is O=C(COc1ccc2ccccc2c1Br)Nc1cccc([N+](=O)[O-])c1. The Bertz CT molecular complexity index is 959. The van der Waals surface area contributed by atoms with Crippen molar-refractivity contribution in [3.63, 3.8) is 0 Å². The summed E-state index contributed by atoms with van der Waals surface area (Å²) in [6.45, 7) is -0.209. The number of carbonyl (C=O) groups is 1. The number of hydrogen-bond acceptors (Lipinski definition) is 4. The summed E-state index contributed by atoms with van der Waals surface area (Å²) in [7, 11) is 0. The first-order chi connectivity index (χ1) is 12.0. The zero-order valence-electron chi connectivity index (χ0n) is 12.9. The van der Waals surface area contributed by atoms with E-state index in [1.807, 2.05) is 30.3 Å². The molecule has 0 aliphatic carbocycles. The summed E-state index contributed by atoms with van der Waals surface area (Å²) in [5.41, 5.74) is 0.261. The maximum absolute atomic E-state index is 12.0. The van der Waals surface area contributed by atoms with Crippen LogP contribution in [0.4, 0.5) is 11.4 Å². The van der Waals surface area contributed by atoms with Crippen molar-refractivity contribution < 1.29 is 14.5 Å². The fraction of sp³-hybridized carbons (Fsp3) is 0.0556. The number of fused-ring (bicyclic) bond motifs is 1. The number of ether oxygens (including phenoxy) is 1. The van der Waals surface area contributed by atoms with Crippen molar-refractivity contribution in [3.05, 3.63) is 75.3 Å². The van der Waals surface area contributed by atoms with E-state index in [4.69, 9.17) is 4.74 Å². The standard InChI is InChI=1S/C18H13BrN2O4/c19-18-15-7-2-1-4-12(15)8-9-16(18)25-11-17(22)20-13-5-3-6-14(10-13)21(23)24/h1-10H,11H2,(H,20,22). The van der Waals surface area contributed by atoms with Crippen LogP contribution < -0.4 is 10.1 Å². The van der Waals surface area contributed by atoms with Gasteiger partial charge in [-0.3, -0.25) is 14.9 Å². The average molecular weight is 401 g/mol. The molecule has 126 valence electrons. The van der Waals surface area contributed by atoms with E-state index in [0.717, 1.165) is 15.2 Å². The average Bonchev–Trinajstić information content (AvgIpc) is 2.61. The number of rotatable bonds is 5. The summed E-state index contributed by atoms with van der Waals surface area (Å²) >= 11 is 3.49. The van der Waals surface area contributed by atoms with Crippen molar-refractivity contribution in [1.82, 2.24) is 0 Å². The third-order valence-corrected chi connectivity index (χ3v) is 4.35. The van der Waals surface area contributed by atoms with Crippen LogP contribution in [0.2, 0.25) is 0 Å². The van der Waals surface area contributed by atoms with E-state index in [1.54, 1.807) is 12.1 Å². The van der Waals surface area contributed by atoms with Crippen molar-refractivity contribution in [1.29, 1.82) is 0 Å². The first-order valence-electron chi connectivity index (χ1n) is 7.39. The maximum Gasteiger partial charge on any atom is 0.271 e. The molecule has 0 aliphatic rings. The van der Waals surface area contributed by atoms with Gasteiger partial charge in [0, 0.05) is 17.8 Å². The Morgan fingerprint density at radius 1 is 1.12 bits per heavy atom. The molecule has 0 saturated heterocycles. The van der Waals surface area contributed by atoms with E-state index >= 15 is 0 Å². The van der Waals surface area contributed by atoms with Crippen LogP contribution in [0.25, 0.3) is 10.8 Å². The van der Waals surface area contributed by atoms with Crippen molar-refractivity contribution in [2.75, 3.05) is 11.9 Å². The largest absolute Gasteiger partial charge is 0.483 e. The molecule has 3 rings (SSSR count). The number of carbonyl (C=O) groups excluding carboxylic acids is 1. The highest BCUT2D eigenvalue weighted by molar-refractivity contribution is 9.10. The van der Waals surface area contributed by atoms with Crippen LogP contribution >= 0.6 is 15.9 Å². The van der Waals surface area contributed by atoms with Gasteiger partial charge in [0.05, 0.1) is 9.40 Å². The number of nitrogens with one attached hydrogen (secondary N) is 1. The van der Waals surface area contributed by atoms with Crippen LogP contribution in [0.15, 0.2) is 65.1 Å². The summed E-state index contributed by atoms with van der Waals surface area (Å²) in [6.07, 6.45) is 0. The van der Waals surface area contributed by atoms with Crippen molar-refractivity contribution in [3.8, 4) is 5.75 Å². The third-order valence-electron chi connectivity index (χ3n) is 3.53.